The second-order valence-electron chi connectivity index (χ2n) is 9.62. The summed E-state index contributed by atoms with van der Waals surface area (Å²) in [5.74, 6) is 0.924. The third-order valence-electron chi connectivity index (χ3n) is 5.66. The minimum absolute atomic E-state index is 0.206. The molecule has 30 heavy (non-hydrogen) atoms. The van der Waals surface area contributed by atoms with Crippen molar-refractivity contribution < 1.29 is 9.53 Å². The fraction of sp³-hybridized carbons (Fsp3) is 0.909. The van der Waals surface area contributed by atoms with E-state index in [1.807, 2.05) is 20.8 Å². The topological polar surface area (TPSA) is 72.4 Å². The van der Waals surface area contributed by atoms with Gasteiger partial charge in [-0.2, -0.15) is 0 Å². The van der Waals surface area contributed by atoms with Crippen LogP contribution in [0.15, 0.2) is 4.99 Å². The van der Waals surface area contributed by atoms with Gasteiger partial charge in [-0.05, 0) is 54.4 Å². The third kappa shape index (κ3) is 8.68. The number of carbonyl (C=O) groups is 1. The molecule has 0 radical (unpaired) electrons. The fourth-order valence-corrected chi connectivity index (χ4v) is 3.86. The molecule has 2 saturated heterocycles. The molecule has 0 aliphatic carbocycles. The Labute approximate surface area is 183 Å². The van der Waals surface area contributed by atoms with Crippen LogP contribution in [0.4, 0.5) is 4.79 Å². The zero-order valence-electron chi connectivity index (χ0n) is 20.0. The third-order valence-corrected chi connectivity index (χ3v) is 5.66. The lowest BCUT2D eigenvalue weighted by atomic mass is 10.0. The first-order valence-electron chi connectivity index (χ1n) is 11.7. The summed E-state index contributed by atoms with van der Waals surface area (Å²) in [5.41, 5.74) is -0.440. The average molecular weight is 425 g/mol. The number of amides is 1. The summed E-state index contributed by atoms with van der Waals surface area (Å²) in [6.45, 7) is 20.4. The van der Waals surface area contributed by atoms with Crippen LogP contribution in [0, 0.1) is 0 Å². The van der Waals surface area contributed by atoms with E-state index in [0.29, 0.717) is 25.2 Å². The molecule has 0 aromatic rings. The van der Waals surface area contributed by atoms with Crippen LogP contribution in [0.3, 0.4) is 0 Å². The predicted molar refractivity (Wildman–Crippen MR) is 123 cm³/mol. The van der Waals surface area contributed by atoms with E-state index in [4.69, 9.17) is 9.73 Å². The summed E-state index contributed by atoms with van der Waals surface area (Å²) in [5, 5.41) is 7.00. The Balaban J connectivity index is 1.71. The van der Waals surface area contributed by atoms with Crippen molar-refractivity contribution in [2.45, 2.75) is 72.1 Å². The maximum atomic E-state index is 12.2. The Kier molecular flexibility index (Phi) is 9.68. The number of rotatable bonds is 6. The summed E-state index contributed by atoms with van der Waals surface area (Å²) in [6.07, 6.45) is 2.12. The van der Waals surface area contributed by atoms with Crippen LogP contribution in [0.1, 0.15) is 54.4 Å². The summed E-state index contributed by atoms with van der Waals surface area (Å²) >= 11 is 0. The van der Waals surface area contributed by atoms with E-state index in [1.54, 1.807) is 4.90 Å². The summed E-state index contributed by atoms with van der Waals surface area (Å²) in [4.78, 5) is 23.7. The number of carbonyl (C=O) groups excluding carboxylic acids is 1. The molecular weight excluding hydrogens is 380 g/mol. The van der Waals surface area contributed by atoms with Gasteiger partial charge >= 0.3 is 6.09 Å². The van der Waals surface area contributed by atoms with E-state index in [9.17, 15) is 4.79 Å². The van der Waals surface area contributed by atoms with Crippen LogP contribution in [-0.2, 0) is 4.74 Å². The zero-order chi connectivity index (χ0) is 22.1. The molecular formula is C22H44N6O2. The Hall–Kier alpha value is -1.54. The molecule has 1 amide bonds. The Morgan fingerprint density at radius 2 is 1.73 bits per heavy atom. The normalized spacial score (nSPS) is 20.5. The second kappa shape index (κ2) is 11.7. The van der Waals surface area contributed by atoms with Gasteiger partial charge in [0.25, 0.3) is 0 Å². The molecule has 0 bridgehead atoms. The minimum atomic E-state index is -0.440. The smallest absolute Gasteiger partial charge is 0.410 e. The molecule has 0 aromatic heterocycles. The molecule has 0 atom stereocenters. The number of ether oxygens (including phenoxy) is 1. The van der Waals surface area contributed by atoms with Crippen LogP contribution in [-0.4, -0.2) is 103 Å². The lowest BCUT2D eigenvalue weighted by Crippen LogP contribution is -2.51. The molecule has 174 valence electrons. The maximum Gasteiger partial charge on any atom is 0.410 e. The number of aliphatic imine (C=N–C) groups is 1. The van der Waals surface area contributed by atoms with Gasteiger partial charge in [0, 0.05) is 64.4 Å². The molecule has 0 unspecified atom stereocenters. The van der Waals surface area contributed by atoms with Crippen molar-refractivity contribution in [3.63, 3.8) is 0 Å². The van der Waals surface area contributed by atoms with Crippen molar-refractivity contribution >= 4 is 12.1 Å². The van der Waals surface area contributed by atoms with Gasteiger partial charge in [-0.25, -0.2) is 4.79 Å². The summed E-state index contributed by atoms with van der Waals surface area (Å²) in [7, 11) is 0. The molecule has 0 aromatic carbocycles. The molecule has 8 nitrogen and oxygen atoms in total. The first-order valence-corrected chi connectivity index (χ1v) is 11.7. The average Bonchev–Trinajstić information content (AvgIpc) is 2.67. The predicted octanol–water partition coefficient (Wildman–Crippen LogP) is 1.97. The SMILES string of the molecule is CCNC(=NCCN1CCN(C(=O)OC(C)(C)C)CC1)NC1CCN(C(C)C)CC1. The van der Waals surface area contributed by atoms with Gasteiger partial charge in [-0.1, -0.05) is 0 Å². The number of likely N-dealkylation sites (tertiary alicyclic amines) is 1. The highest BCUT2D eigenvalue weighted by molar-refractivity contribution is 5.80. The van der Waals surface area contributed by atoms with E-state index in [0.717, 1.165) is 64.6 Å². The maximum absolute atomic E-state index is 12.2. The lowest BCUT2D eigenvalue weighted by Gasteiger charge is -2.36. The molecule has 0 saturated carbocycles. The standard InChI is InChI=1S/C22H44N6O2/c1-7-23-20(25-19-8-11-27(12-9-19)18(2)3)24-10-13-26-14-16-28(17-15-26)21(29)30-22(4,5)6/h18-19H,7-17H2,1-6H3,(H2,23,24,25). The van der Waals surface area contributed by atoms with E-state index in [2.05, 4.69) is 41.2 Å². The van der Waals surface area contributed by atoms with Gasteiger partial charge in [-0.3, -0.25) is 9.89 Å². The number of piperidine rings is 1. The van der Waals surface area contributed by atoms with E-state index >= 15 is 0 Å². The number of guanidine groups is 1. The van der Waals surface area contributed by atoms with Crippen LogP contribution < -0.4 is 10.6 Å². The Morgan fingerprint density at radius 1 is 1.10 bits per heavy atom. The van der Waals surface area contributed by atoms with Gasteiger partial charge in [0.05, 0.1) is 6.54 Å². The molecule has 2 rings (SSSR count). The van der Waals surface area contributed by atoms with E-state index in [-0.39, 0.29) is 6.09 Å². The lowest BCUT2D eigenvalue weighted by molar-refractivity contribution is 0.0148. The van der Waals surface area contributed by atoms with Gasteiger partial charge in [0.15, 0.2) is 5.96 Å². The second-order valence-corrected chi connectivity index (χ2v) is 9.62. The number of piperazine rings is 1. The Bertz CT molecular complexity index is 544. The number of hydrogen-bond acceptors (Lipinski definition) is 5. The monoisotopic (exact) mass is 424 g/mol. The van der Waals surface area contributed by atoms with Crippen molar-refractivity contribution in [2.75, 3.05) is 58.9 Å². The van der Waals surface area contributed by atoms with Crippen molar-refractivity contribution in [2.24, 2.45) is 4.99 Å². The van der Waals surface area contributed by atoms with Crippen LogP contribution in [0.25, 0.3) is 0 Å². The fourth-order valence-electron chi connectivity index (χ4n) is 3.86. The van der Waals surface area contributed by atoms with Crippen molar-refractivity contribution in [1.82, 2.24) is 25.3 Å². The highest BCUT2D eigenvalue weighted by atomic mass is 16.6. The summed E-state index contributed by atoms with van der Waals surface area (Å²) < 4.78 is 5.47. The molecule has 8 heteroatoms. The summed E-state index contributed by atoms with van der Waals surface area (Å²) in [6, 6.07) is 1.12. The van der Waals surface area contributed by atoms with Gasteiger partial charge in [-0.15, -0.1) is 0 Å². The molecule has 2 heterocycles. The Morgan fingerprint density at radius 3 is 2.27 bits per heavy atom. The zero-order valence-corrected chi connectivity index (χ0v) is 20.0. The quantitative estimate of drug-likeness (QED) is 0.502. The number of nitrogens with one attached hydrogen (secondary N) is 2. The van der Waals surface area contributed by atoms with Gasteiger partial charge in [0.2, 0.25) is 0 Å². The van der Waals surface area contributed by atoms with Crippen LogP contribution in [0.5, 0.6) is 0 Å². The molecule has 2 aliphatic heterocycles. The molecule has 2 fully saturated rings. The minimum Gasteiger partial charge on any atom is -0.444 e. The van der Waals surface area contributed by atoms with Gasteiger partial charge < -0.3 is 25.2 Å². The van der Waals surface area contributed by atoms with Crippen molar-refractivity contribution in [3.8, 4) is 0 Å². The molecule has 0 spiro atoms. The van der Waals surface area contributed by atoms with E-state index < -0.39 is 5.60 Å². The van der Waals surface area contributed by atoms with Crippen LogP contribution >= 0.6 is 0 Å². The first kappa shape index (κ1) is 24.7. The highest BCUT2D eigenvalue weighted by Gasteiger charge is 2.26. The molecule has 2 aliphatic rings. The van der Waals surface area contributed by atoms with Gasteiger partial charge in [0.1, 0.15) is 5.60 Å². The highest BCUT2D eigenvalue weighted by Crippen LogP contribution is 2.13. The largest absolute Gasteiger partial charge is 0.444 e. The molecule has 2 N–H and O–H groups in total. The van der Waals surface area contributed by atoms with E-state index in [1.165, 1.54) is 0 Å². The number of nitrogens with zero attached hydrogens (tertiary/aromatic N) is 4. The van der Waals surface area contributed by atoms with Crippen molar-refractivity contribution in [3.05, 3.63) is 0 Å². The van der Waals surface area contributed by atoms with Crippen molar-refractivity contribution in [1.29, 1.82) is 0 Å². The van der Waals surface area contributed by atoms with Crippen LogP contribution in [0.2, 0.25) is 0 Å². The first-order chi connectivity index (χ1) is 14.2. The number of hydrogen-bond donors (Lipinski definition) is 2.